The molecule has 14 heavy (non-hydrogen) atoms. The van der Waals surface area contributed by atoms with Gasteiger partial charge in [0.25, 0.3) is 0 Å². The van der Waals surface area contributed by atoms with Crippen molar-refractivity contribution in [2.75, 3.05) is 20.8 Å². The molecule has 0 N–H and O–H groups in total. The second-order valence-electron chi connectivity index (χ2n) is 4.34. The van der Waals surface area contributed by atoms with E-state index >= 15 is 0 Å². The number of ether oxygens (including phenoxy) is 3. The Bertz CT molecular complexity index is 256. The molecule has 1 saturated carbocycles. The molecule has 1 heterocycles. The van der Waals surface area contributed by atoms with Crippen LogP contribution >= 0.6 is 0 Å². The van der Waals surface area contributed by atoms with Crippen LogP contribution in [0.15, 0.2) is 12.2 Å². The first-order valence-electron chi connectivity index (χ1n) is 5.02. The Morgan fingerprint density at radius 2 is 2.36 bits per heavy atom. The van der Waals surface area contributed by atoms with Crippen molar-refractivity contribution in [1.29, 1.82) is 0 Å². The number of methoxy groups -OCH3 is 2. The van der Waals surface area contributed by atoms with Crippen molar-refractivity contribution >= 4 is 7.85 Å². The summed E-state index contributed by atoms with van der Waals surface area (Å²) < 4.78 is 16.7. The van der Waals surface area contributed by atoms with Crippen molar-refractivity contribution in [3.63, 3.8) is 0 Å². The Hall–Kier alpha value is -0.315. The molecule has 1 saturated heterocycles. The van der Waals surface area contributed by atoms with E-state index in [2.05, 4.69) is 14.4 Å². The predicted molar refractivity (Wildman–Crippen MR) is 56.1 cm³/mol. The van der Waals surface area contributed by atoms with Crippen LogP contribution in [0, 0.1) is 5.92 Å². The first-order chi connectivity index (χ1) is 6.64. The van der Waals surface area contributed by atoms with Crippen LogP contribution in [0.3, 0.4) is 0 Å². The van der Waals surface area contributed by atoms with Crippen LogP contribution in [0.2, 0.25) is 0 Å². The third-order valence-corrected chi connectivity index (χ3v) is 3.41. The number of fused-ring (bicyclic) bond motifs is 2. The zero-order valence-electron chi connectivity index (χ0n) is 9.08. The lowest BCUT2D eigenvalue weighted by Gasteiger charge is -2.30. The molecule has 2 bridgehead atoms. The quantitative estimate of drug-likeness (QED) is 0.468. The molecule has 2 aliphatic rings. The van der Waals surface area contributed by atoms with Crippen LogP contribution in [0.4, 0.5) is 0 Å². The maximum Gasteiger partial charge on any atom is 0.140 e. The standard InChI is InChI=1S/C10H17BO3/c1-6-4-10(5-12-2)8(13-3)7(6)9(11)14-10/h7-9H,1,4-5,11H2,2-3H3/t7?,8-,9+,10-/m0/s1. The Balaban J connectivity index is 2.27. The molecule has 0 radical (unpaired) electrons. The van der Waals surface area contributed by atoms with Gasteiger partial charge in [-0.25, -0.2) is 0 Å². The lowest BCUT2D eigenvalue weighted by atomic mass is 9.83. The number of hydrogen-bond donors (Lipinski definition) is 0. The molecule has 2 fully saturated rings. The molecule has 0 amide bonds. The third kappa shape index (κ3) is 1.18. The van der Waals surface area contributed by atoms with Gasteiger partial charge in [0.2, 0.25) is 0 Å². The van der Waals surface area contributed by atoms with Crippen LogP contribution in [0.1, 0.15) is 6.42 Å². The molecule has 4 atom stereocenters. The van der Waals surface area contributed by atoms with Crippen molar-refractivity contribution in [3.8, 4) is 0 Å². The van der Waals surface area contributed by atoms with Gasteiger partial charge < -0.3 is 14.2 Å². The molecule has 1 aliphatic heterocycles. The average molecular weight is 196 g/mol. The molecule has 0 aromatic rings. The fourth-order valence-corrected chi connectivity index (χ4v) is 3.05. The molecule has 0 aromatic carbocycles. The summed E-state index contributed by atoms with van der Waals surface area (Å²) >= 11 is 0. The molecule has 0 spiro atoms. The van der Waals surface area contributed by atoms with E-state index in [4.69, 9.17) is 14.2 Å². The van der Waals surface area contributed by atoms with Gasteiger partial charge in [-0.2, -0.15) is 0 Å². The Morgan fingerprint density at radius 1 is 1.64 bits per heavy atom. The van der Waals surface area contributed by atoms with E-state index in [1.54, 1.807) is 14.2 Å². The van der Waals surface area contributed by atoms with Gasteiger partial charge in [0, 0.05) is 32.6 Å². The van der Waals surface area contributed by atoms with Gasteiger partial charge in [0.05, 0.1) is 12.7 Å². The Morgan fingerprint density at radius 3 is 2.86 bits per heavy atom. The van der Waals surface area contributed by atoms with E-state index in [0.29, 0.717) is 12.5 Å². The second kappa shape index (κ2) is 3.37. The number of rotatable bonds is 3. The maximum absolute atomic E-state index is 5.95. The van der Waals surface area contributed by atoms with Gasteiger partial charge in [0.15, 0.2) is 0 Å². The lowest BCUT2D eigenvalue weighted by molar-refractivity contribution is -0.110. The smallest absolute Gasteiger partial charge is 0.140 e. The molecule has 1 unspecified atom stereocenters. The van der Waals surface area contributed by atoms with Crippen LogP contribution in [0.25, 0.3) is 0 Å². The third-order valence-electron chi connectivity index (χ3n) is 3.41. The van der Waals surface area contributed by atoms with E-state index in [1.807, 2.05) is 0 Å². The fourth-order valence-electron chi connectivity index (χ4n) is 3.05. The zero-order valence-corrected chi connectivity index (χ0v) is 9.08. The van der Waals surface area contributed by atoms with Crippen molar-refractivity contribution in [2.24, 2.45) is 5.92 Å². The van der Waals surface area contributed by atoms with E-state index in [1.165, 1.54) is 5.57 Å². The average Bonchev–Trinajstić information content (AvgIpc) is 2.51. The fraction of sp³-hybridized carbons (Fsp3) is 0.800. The number of hydrogen-bond acceptors (Lipinski definition) is 3. The molecule has 2 rings (SSSR count). The summed E-state index contributed by atoms with van der Waals surface area (Å²) in [6.45, 7) is 4.69. The highest BCUT2D eigenvalue weighted by Gasteiger charge is 2.60. The summed E-state index contributed by atoms with van der Waals surface area (Å²) in [7, 11) is 5.52. The highest BCUT2D eigenvalue weighted by Crippen LogP contribution is 2.51. The monoisotopic (exact) mass is 196 g/mol. The minimum Gasteiger partial charge on any atom is -0.382 e. The van der Waals surface area contributed by atoms with Crippen LogP contribution in [-0.2, 0) is 14.2 Å². The van der Waals surface area contributed by atoms with Crippen LogP contribution in [0.5, 0.6) is 0 Å². The van der Waals surface area contributed by atoms with Crippen molar-refractivity contribution < 1.29 is 14.2 Å². The van der Waals surface area contributed by atoms with E-state index < -0.39 is 0 Å². The summed E-state index contributed by atoms with van der Waals surface area (Å²) in [4.78, 5) is 0. The van der Waals surface area contributed by atoms with Gasteiger partial charge in [-0.05, 0) is 0 Å². The van der Waals surface area contributed by atoms with Crippen molar-refractivity contribution in [2.45, 2.75) is 24.1 Å². The second-order valence-corrected chi connectivity index (χ2v) is 4.34. The van der Waals surface area contributed by atoms with Gasteiger partial charge in [-0.3, -0.25) is 0 Å². The minimum absolute atomic E-state index is 0.116. The zero-order chi connectivity index (χ0) is 10.3. The summed E-state index contributed by atoms with van der Waals surface area (Å²) in [5.74, 6) is 0.343. The van der Waals surface area contributed by atoms with Gasteiger partial charge >= 0.3 is 0 Å². The van der Waals surface area contributed by atoms with E-state index in [9.17, 15) is 0 Å². The molecular weight excluding hydrogens is 179 g/mol. The minimum atomic E-state index is -0.273. The lowest BCUT2D eigenvalue weighted by Crippen LogP contribution is -2.42. The Kier molecular flexibility index (Phi) is 2.45. The molecule has 3 nitrogen and oxygen atoms in total. The molecule has 0 aromatic heterocycles. The molecular formula is C10H17BO3. The molecule has 78 valence electrons. The first kappa shape index (κ1) is 10.2. The van der Waals surface area contributed by atoms with Gasteiger partial charge in [-0.1, -0.05) is 12.2 Å². The van der Waals surface area contributed by atoms with E-state index in [0.717, 1.165) is 6.42 Å². The SMILES string of the molecule is B[C@@H]1O[C@]2(COC)CC(=C)C1[C@@H]2OC. The maximum atomic E-state index is 5.95. The summed E-state index contributed by atoms with van der Waals surface area (Å²) in [5.41, 5.74) is 0.970. The molecule has 4 heteroatoms. The van der Waals surface area contributed by atoms with Crippen molar-refractivity contribution in [3.05, 3.63) is 12.2 Å². The van der Waals surface area contributed by atoms with Crippen LogP contribution in [-0.4, -0.2) is 46.4 Å². The normalized spacial score (nSPS) is 46.1. The highest BCUT2D eigenvalue weighted by atomic mass is 16.6. The summed E-state index contributed by atoms with van der Waals surface area (Å²) in [6, 6.07) is 0.205. The van der Waals surface area contributed by atoms with Crippen LogP contribution < -0.4 is 0 Å². The van der Waals surface area contributed by atoms with Gasteiger partial charge in [0.1, 0.15) is 13.4 Å². The van der Waals surface area contributed by atoms with E-state index in [-0.39, 0.29) is 17.7 Å². The summed E-state index contributed by atoms with van der Waals surface area (Å²) in [5, 5.41) is 0. The van der Waals surface area contributed by atoms with Crippen molar-refractivity contribution in [1.82, 2.24) is 0 Å². The predicted octanol–water partition coefficient (Wildman–Crippen LogP) is -0.0479. The summed E-state index contributed by atoms with van der Waals surface area (Å²) in [6.07, 6.45) is 0.985. The topological polar surface area (TPSA) is 27.7 Å². The highest BCUT2D eigenvalue weighted by molar-refractivity contribution is 6.11. The largest absolute Gasteiger partial charge is 0.382 e. The Labute approximate surface area is 85.8 Å². The first-order valence-corrected chi connectivity index (χ1v) is 5.02. The molecule has 1 aliphatic carbocycles. The van der Waals surface area contributed by atoms with Gasteiger partial charge in [-0.15, -0.1) is 0 Å².